The molecule has 1 aromatic heterocycles. The van der Waals surface area contributed by atoms with Gasteiger partial charge in [-0.1, -0.05) is 0 Å². The van der Waals surface area contributed by atoms with Gasteiger partial charge in [0.05, 0.1) is 17.4 Å². The number of hydrogen-bond acceptors (Lipinski definition) is 5. The first-order chi connectivity index (χ1) is 8.52. The summed E-state index contributed by atoms with van der Waals surface area (Å²) in [6.45, 7) is 3.24. The molecule has 1 aromatic rings. The van der Waals surface area contributed by atoms with Gasteiger partial charge in [0.1, 0.15) is 0 Å². The second kappa shape index (κ2) is 7.05. The first kappa shape index (κ1) is 14.6. The third-order valence-corrected chi connectivity index (χ3v) is 2.58. The van der Waals surface area contributed by atoms with Crippen molar-refractivity contribution in [2.45, 2.75) is 26.0 Å². The van der Waals surface area contributed by atoms with Crippen LogP contribution in [-0.4, -0.2) is 40.6 Å². The molecule has 0 spiro atoms. The normalized spacial score (nSPS) is 12.5. The Morgan fingerprint density at radius 1 is 1.61 bits per heavy atom. The molecule has 0 aliphatic heterocycles. The summed E-state index contributed by atoms with van der Waals surface area (Å²) in [5.74, 6) is 4.68. The zero-order valence-electron chi connectivity index (χ0n) is 10.8. The molecule has 100 valence electrons. The second-order valence-corrected chi connectivity index (χ2v) is 4.39. The Morgan fingerprint density at radius 2 is 2.33 bits per heavy atom. The van der Waals surface area contributed by atoms with Crippen molar-refractivity contribution in [3.05, 3.63) is 29.6 Å². The Labute approximate surface area is 107 Å². The molecule has 4 N–H and O–H groups in total. The van der Waals surface area contributed by atoms with E-state index in [4.69, 9.17) is 5.84 Å². The van der Waals surface area contributed by atoms with Crippen molar-refractivity contribution >= 4 is 5.91 Å². The Bertz CT molecular complexity index is 378. The molecule has 0 aliphatic rings. The van der Waals surface area contributed by atoms with Crippen LogP contribution in [0, 0.1) is 0 Å². The van der Waals surface area contributed by atoms with Crippen LogP contribution in [0.4, 0.5) is 0 Å². The first-order valence-corrected chi connectivity index (χ1v) is 5.85. The van der Waals surface area contributed by atoms with Crippen LogP contribution in [0.2, 0.25) is 0 Å². The van der Waals surface area contributed by atoms with Crippen LogP contribution in [-0.2, 0) is 6.54 Å². The average Bonchev–Trinajstić information content (AvgIpc) is 2.36. The van der Waals surface area contributed by atoms with E-state index in [0.717, 1.165) is 18.7 Å². The number of carbonyl (C=O) groups excluding carboxylic acids is 1. The van der Waals surface area contributed by atoms with Gasteiger partial charge >= 0.3 is 0 Å². The summed E-state index contributed by atoms with van der Waals surface area (Å²) in [5.41, 5.74) is 3.37. The molecule has 18 heavy (non-hydrogen) atoms. The predicted octanol–water partition coefficient (Wildman–Crippen LogP) is -0.112. The lowest BCUT2D eigenvalue weighted by molar-refractivity contribution is 0.0953. The first-order valence-electron chi connectivity index (χ1n) is 5.85. The molecule has 0 bridgehead atoms. The standard InChI is InChI=1S/C12H20N4O2/c1-9(17)5-6-16(2)8-11-4-3-10(7-14-11)12(18)15-13/h3-4,7,9,17H,5-6,8,13H2,1-2H3,(H,15,18). The zero-order chi connectivity index (χ0) is 13.5. The Balaban J connectivity index is 2.50. The molecule has 0 saturated heterocycles. The van der Waals surface area contributed by atoms with Crippen molar-refractivity contribution in [2.75, 3.05) is 13.6 Å². The number of aliphatic hydroxyl groups excluding tert-OH is 1. The molecule has 1 rings (SSSR count). The quantitative estimate of drug-likeness (QED) is 0.373. The van der Waals surface area contributed by atoms with Crippen LogP contribution in [0.3, 0.4) is 0 Å². The van der Waals surface area contributed by atoms with E-state index in [1.165, 1.54) is 6.20 Å². The number of aliphatic hydroxyl groups is 1. The van der Waals surface area contributed by atoms with E-state index in [9.17, 15) is 9.90 Å². The summed E-state index contributed by atoms with van der Waals surface area (Å²) in [5, 5.41) is 9.19. The highest BCUT2D eigenvalue weighted by Gasteiger charge is 2.06. The van der Waals surface area contributed by atoms with Gasteiger partial charge < -0.3 is 10.0 Å². The molecule has 0 aliphatic carbocycles. The molecular formula is C12H20N4O2. The van der Waals surface area contributed by atoms with Gasteiger partial charge in [0.15, 0.2) is 0 Å². The van der Waals surface area contributed by atoms with Gasteiger partial charge in [-0.3, -0.25) is 15.2 Å². The topological polar surface area (TPSA) is 91.5 Å². The van der Waals surface area contributed by atoms with E-state index >= 15 is 0 Å². The molecule has 1 amide bonds. The van der Waals surface area contributed by atoms with E-state index in [1.54, 1.807) is 19.1 Å². The molecule has 1 heterocycles. The van der Waals surface area contributed by atoms with E-state index in [2.05, 4.69) is 15.3 Å². The van der Waals surface area contributed by atoms with Crippen LogP contribution in [0.15, 0.2) is 18.3 Å². The predicted molar refractivity (Wildman–Crippen MR) is 68.5 cm³/mol. The fourth-order valence-electron chi connectivity index (χ4n) is 1.50. The Hall–Kier alpha value is -1.50. The Kier molecular flexibility index (Phi) is 5.70. The van der Waals surface area contributed by atoms with Crippen LogP contribution < -0.4 is 11.3 Å². The van der Waals surface area contributed by atoms with E-state index in [1.807, 2.05) is 7.05 Å². The summed E-state index contributed by atoms with van der Waals surface area (Å²) >= 11 is 0. The fraction of sp³-hybridized carbons (Fsp3) is 0.500. The maximum absolute atomic E-state index is 11.2. The van der Waals surface area contributed by atoms with Gasteiger partial charge in [0, 0.05) is 19.3 Å². The number of pyridine rings is 1. The highest BCUT2D eigenvalue weighted by Crippen LogP contribution is 2.04. The molecule has 0 aromatic carbocycles. The van der Waals surface area contributed by atoms with Crippen molar-refractivity contribution < 1.29 is 9.90 Å². The third-order valence-electron chi connectivity index (χ3n) is 2.58. The van der Waals surface area contributed by atoms with Gasteiger partial charge in [0.25, 0.3) is 5.91 Å². The minimum absolute atomic E-state index is 0.295. The van der Waals surface area contributed by atoms with Crippen LogP contribution >= 0.6 is 0 Å². The van der Waals surface area contributed by atoms with Crippen LogP contribution in [0.1, 0.15) is 29.4 Å². The van der Waals surface area contributed by atoms with Crippen molar-refractivity contribution in [1.29, 1.82) is 0 Å². The number of hydrogen-bond donors (Lipinski definition) is 3. The molecular weight excluding hydrogens is 232 g/mol. The van der Waals surface area contributed by atoms with Crippen molar-refractivity contribution in [2.24, 2.45) is 5.84 Å². The number of nitrogens with one attached hydrogen (secondary N) is 1. The lowest BCUT2D eigenvalue weighted by atomic mass is 10.2. The monoisotopic (exact) mass is 252 g/mol. The smallest absolute Gasteiger partial charge is 0.266 e. The number of nitrogens with two attached hydrogens (primary N) is 1. The van der Waals surface area contributed by atoms with Gasteiger partial charge in [-0.2, -0.15) is 0 Å². The second-order valence-electron chi connectivity index (χ2n) is 4.39. The van der Waals surface area contributed by atoms with Gasteiger partial charge in [-0.25, -0.2) is 5.84 Å². The van der Waals surface area contributed by atoms with Crippen LogP contribution in [0.5, 0.6) is 0 Å². The van der Waals surface area contributed by atoms with E-state index in [0.29, 0.717) is 12.1 Å². The van der Waals surface area contributed by atoms with E-state index in [-0.39, 0.29) is 12.0 Å². The summed E-state index contributed by atoms with van der Waals surface area (Å²) in [6.07, 6.45) is 1.93. The number of nitrogen functional groups attached to an aromatic ring is 1. The molecule has 0 saturated carbocycles. The van der Waals surface area contributed by atoms with Gasteiger partial charge in [-0.05, 0) is 32.5 Å². The van der Waals surface area contributed by atoms with Crippen molar-refractivity contribution in [1.82, 2.24) is 15.3 Å². The number of hydrazine groups is 1. The largest absolute Gasteiger partial charge is 0.393 e. The third kappa shape index (κ3) is 4.79. The fourth-order valence-corrected chi connectivity index (χ4v) is 1.50. The highest BCUT2D eigenvalue weighted by molar-refractivity contribution is 5.93. The van der Waals surface area contributed by atoms with Crippen molar-refractivity contribution in [3.63, 3.8) is 0 Å². The van der Waals surface area contributed by atoms with Crippen LogP contribution in [0.25, 0.3) is 0 Å². The number of aromatic nitrogens is 1. The zero-order valence-corrected chi connectivity index (χ0v) is 10.8. The molecule has 1 atom stereocenters. The molecule has 0 radical (unpaired) electrons. The molecule has 6 heteroatoms. The maximum Gasteiger partial charge on any atom is 0.266 e. The summed E-state index contributed by atoms with van der Waals surface area (Å²) in [6, 6.07) is 3.48. The maximum atomic E-state index is 11.2. The minimum Gasteiger partial charge on any atom is -0.393 e. The summed E-state index contributed by atoms with van der Waals surface area (Å²) in [4.78, 5) is 17.5. The van der Waals surface area contributed by atoms with Crippen molar-refractivity contribution in [3.8, 4) is 0 Å². The Morgan fingerprint density at radius 3 is 2.83 bits per heavy atom. The molecule has 6 nitrogen and oxygen atoms in total. The summed E-state index contributed by atoms with van der Waals surface area (Å²) < 4.78 is 0. The number of carbonyl (C=O) groups is 1. The van der Waals surface area contributed by atoms with E-state index < -0.39 is 0 Å². The number of amides is 1. The lowest BCUT2D eigenvalue weighted by Gasteiger charge is -2.17. The minimum atomic E-state index is -0.350. The lowest BCUT2D eigenvalue weighted by Crippen LogP contribution is -2.30. The SMILES string of the molecule is CC(O)CCN(C)Cc1ccc(C(=O)NN)cn1. The van der Waals surface area contributed by atoms with Gasteiger partial charge in [0.2, 0.25) is 0 Å². The molecule has 0 fully saturated rings. The number of nitrogens with zero attached hydrogens (tertiary/aromatic N) is 2. The number of rotatable bonds is 6. The van der Waals surface area contributed by atoms with Gasteiger partial charge in [-0.15, -0.1) is 0 Å². The summed E-state index contributed by atoms with van der Waals surface area (Å²) in [7, 11) is 1.96. The molecule has 1 unspecified atom stereocenters. The highest BCUT2D eigenvalue weighted by atomic mass is 16.3. The average molecular weight is 252 g/mol.